The topological polar surface area (TPSA) is 88.7 Å². The number of nitrogens with zero attached hydrogens (tertiary/aromatic N) is 2. The first kappa shape index (κ1) is 11.8. The van der Waals surface area contributed by atoms with Crippen molar-refractivity contribution in [2.24, 2.45) is 0 Å². The summed E-state index contributed by atoms with van der Waals surface area (Å²) in [6.45, 7) is 1.18. The third-order valence-electron chi connectivity index (χ3n) is 2.78. The van der Waals surface area contributed by atoms with Crippen LogP contribution in [0, 0.1) is 0 Å². The van der Waals surface area contributed by atoms with Crippen LogP contribution in [0.5, 0.6) is 0 Å². The Morgan fingerprint density at radius 1 is 1.71 bits per heavy atom. The molecule has 3 N–H and O–H groups in total. The van der Waals surface area contributed by atoms with Crippen molar-refractivity contribution in [1.29, 1.82) is 0 Å². The van der Waals surface area contributed by atoms with E-state index in [0.29, 0.717) is 31.0 Å². The van der Waals surface area contributed by atoms with Gasteiger partial charge in [-0.1, -0.05) is 0 Å². The lowest BCUT2D eigenvalue weighted by Crippen LogP contribution is -2.50. The summed E-state index contributed by atoms with van der Waals surface area (Å²) in [5.41, 5.74) is 6.48. The first-order chi connectivity index (χ1) is 8.24. The molecular weight excluding hydrogens is 222 g/mol. The van der Waals surface area contributed by atoms with E-state index in [1.54, 1.807) is 11.0 Å². The van der Waals surface area contributed by atoms with Gasteiger partial charge in [0.25, 0.3) is 5.91 Å². The Morgan fingerprint density at radius 2 is 2.53 bits per heavy atom. The summed E-state index contributed by atoms with van der Waals surface area (Å²) >= 11 is 0. The van der Waals surface area contributed by atoms with E-state index in [0.717, 1.165) is 0 Å². The van der Waals surface area contributed by atoms with Gasteiger partial charge >= 0.3 is 0 Å². The smallest absolute Gasteiger partial charge is 0.256 e. The number of rotatable bonds is 2. The van der Waals surface area contributed by atoms with Crippen LogP contribution in [0.25, 0.3) is 0 Å². The highest BCUT2D eigenvalue weighted by Crippen LogP contribution is 2.16. The minimum atomic E-state index is -0.302. The number of anilines is 1. The van der Waals surface area contributed by atoms with Crippen molar-refractivity contribution in [2.75, 3.05) is 32.1 Å². The minimum Gasteiger partial charge on any atom is -0.397 e. The van der Waals surface area contributed by atoms with E-state index in [2.05, 4.69) is 4.98 Å². The lowest BCUT2D eigenvalue weighted by Gasteiger charge is -2.34. The second kappa shape index (κ2) is 5.11. The third-order valence-corrected chi connectivity index (χ3v) is 2.78. The normalized spacial score (nSPS) is 20.3. The Kier molecular flexibility index (Phi) is 3.55. The van der Waals surface area contributed by atoms with Gasteiger partial charge in [-0.2, -0.15) is 0 Å². The summed E-state index contributed by atoms with van der Waals surface area (Å²) < 4.78 is 5.22. The highest BCUT2D eigenvalue weighted by Gasteiger charge is 2.28. The number of nitrogen functional groups attached to an aromatic ring is 1. The van der Waals surface area contributed by atoms with Gasteiger partial charge in [0.2, 0.25) is 0 Å². The molecule has 17 heavy (non-hydrogen) atoms. The van der Waals surface area contributed by atoms with Crippen LogP contribution in [0.4, 0.5) is 5.69 Å². The molecule has 1 aromatic rings. The number of amides is 1. The van der Waals surface area contributed by atoms with E-state index in [1.165, 1.54) is 12.4 Å². The third kappa shape index (κ3) is 2.37. The second-order valence-corrected chi connectivity index (χ2v) is 3.87. The predicted octanol–water partition coefficient (Wildman–Crippen LogP) is -0.503. The molecule has 1 atom stereocenters. The first-order valence-corrected chi connectivity index (χ1v) is 5.43. The lowest BCUT2D eigenvalue weighted by atomic mass is 10.1. The van der Waals surface area contributed by atoms with Gasteiger partial charge in [0, 0.05) is 12.7 Å². The second-order valence-electron chi connectivity index (χ2n) is 3.87. The van der Waals surface area contributed by atoms with Crippen molar-refractivity contribution < 1.29 is 14.6 Å². The number of aliphatic hydroxyl groups is 1. The molecule has 1 aromatic heterocycles. The molecule has 2 rings (SSSR count). The molecule has 0 radical (unpaired) electrons. The maximum atomic E-state index is 12.2. The summed E-state index contributed by atoms with van der Waals surface area (Å²) in [5.74, 6) is -0.188. The number of ether oxygens (including phenoxy) is 1. The minimum absolute atomic E-state index is 0.114. The van der Waals surface area contributed by atoms with Crippen molar-refractivity contribution in [3.05, 3.63) is 24.0 Å². The number of aliphatic hydroxyl groups excluding tert-OH is 1. The predicted molar refractivity (Wildman–Crippen MR) is 61.4 cm³/mol. The lowest BCUT2D eigenvalue weighted by molar-refractivity contribution is -0.0183. The van der Waals surface area contributed by atoms with E-state index in [4.69, 9.17) is 10.5 Å². The van der Waals surface area contributed by atoms with Gasteiger partial charge < -0.3 is 20.5 Å². The number of hydrogen-bond acceptors (Lipinski definition) is 5. The Hall–Kier alpha value is -1.66. The van der Waals surface area contributed by atoms with Crippen LogP contribution < -0.4 is 5.73 Å². The molecule has 0 aromatic carbocycles. The molecule has 1 fully saturated rings. The van der Waals surface area contributed by atoms with Crippen LogP contribution in [0.15, 0.2) is 18.5 Å². The van der Waals surface area contributed by atoms with Gasteiger partial charge in [0.1, 0.15) is 0 Å². The molecule has 6 heteroatoms. The molecule has 0 aliphatic carbocycles. The molecule has 1 saturated heterocycles. The van der Waals surface area contributed by atoms with E-state index in [9.17, 15) is 9.90 Å². The zero-order valence-corrected chi connectivity index (χ0v) is 9.37. The van der Waals surface area contributed by atoms with Crippen LogP contribution in [-0.4, -0.2) is 53.3 Å². The highest BCUT2D eigenvalue weighted by molar-refractivity contribution is 5.99. The van der Waals surface area contributed by atoms with E-state index in [1.807, 2.05) is 0 Å². The molecule has 0 spiro atoms. The molecule has 1 aliphatic rings. The molecule has 6 nitrogen and oxygen atoms in total. The van der Waals surface area contributed by atoms with Crippen molar-refractivity contribution in [2.45, 2.75) is 6.04 Å². The average Bonchev–Trinajstić information content (AvgIpc) is 2.38. The van der Waals surface area contributed by atoms with Crippen molar-refractivity contribution >= 4 is 11.6 Å². The Morgan fingerprint density at radius 3 is 3.24 bits per heavy atom. The monoisotopic (exact) mass is 237 g/mol. The van der Waals surface area contributed by atoms with Gasteiger partial charge in [-0.3, -0.25) is 9.78 Å². The molecule has 0 saturated carbocycles. The zero-order valence-electron chi connectivity index (χ0n) is 9.37. The van der Waals surface area contributed by atoms with E-state index in [-0.39, 0.29) is 18.6 Å². The summed E-state index contributed by atoms with van der Waals surface area (Å²) in [6, 6.07) is 1.28. The number of hydrogen-bond donors (Lipinski definition) is 2. The molecule has 1 aliphatic heterocycles. The van der Waals surface area contributed by atoms with Crippen LogP contribution >= 0.6 is 0 Å². The SMILES string of the molecule is Nc1cnccc1C(=O)N1CCOCC1CO. The standard InChI is InChI=1S/C11H15N3O3/c12-10-5-13-2-1-9(10)11(16)14-3-4-17-7-8(14)6-15/h1-2,5,8,15H,3-4,6-7,12H2. The zero-order chi connectivity index (χ0) is 12.3. The molecular formula is C11H15N3O3. The number of morpholine rings is 1. The largest absolute Gasteiger partial charge is 0.397 e. The van der Waals surface area contributed by atoms with Crippen molar-refractivity contribution in [3.63, 3.8) is 0 Å². The van der Waals surface area contributed by atoms with Crippen LogP contribution in [0.1, 0.15) is 10.4 Å². The van der Waals surface area contributed by atoms with Crippen LogP contribution in [-0.2, 0) is 4.74 Å². The average molecular weight is 237 g/mol. The summed E-state index contributed by atoms with van der Waals surface area (Å²) in [6.07, 6.45) is 2.97. The number of aromatic nitrogens is 1. The number of carbonyl (C=O) groups is 1. The quantitative estimate of drug-likeness (QED) is 0.723. The molecule has 1 unspecified atom stereocenters. The number of pyridine rings is 1. The van der Waals surface area contributed by atoms with Crippen LogP contribution in [0.2, 0.25) is 0 Å². The summed E-state index contributed by atoms with van der Waals surface area (Å²) in [7, 11) is 0. The number of nitrogens with two attached hydrogens (primary N) is 1. The van der Waals surface area contributed by atoms with Crippen molar-refractivity contribution in [1.82, 2.24) is 9.88 Å². The summed E-state index contributed by atoms with van der Waals surface area (Å²) in [4.78, 5) is 17.7. The molecule has 0 bridgehead atoms. The van der Waals surface area contributed by atoms with Gasteiger partial charge in [-0.25, -0.2) is 0 Å². The molecule has 2 heterocycles. The van der Waals surface area contributed by atoms with Gasteiger partial charge in [-0.05, 0) is 6.07 Å². The van der Waals surface area contributed by atoms with Crippen LogP contribution in [0.3, 0.4) is 0 Å². The first-order valence-electron chi connectivity index (χ1n) is 5.43. The van der Waals surface area contributed by atoms with Gasteiger partial charge in [0.15, 0.2) is 0 Å². The van der Waals surface area contributed by atoms with E-state index >= 15 is 0 Å². The Bertz CT molecular complexity index is 411. The summed E-state index contributed by atoms with van der Waals surface area (Å²) in [5, 5.41) is 9.21. The van der Waals surface area contributed by atoms with Gasteiger partial charge in [0.05, 0.1) is 43.3 Å². The molecule has 92 valence electrons. The number of carbonyl (C=O) groups excluding carboxylic acids is 1. The Labute approximate surface area is 99.0 Å². The fraction of sp³-hybridized carbons (Fsp3) is 0.455. The van der Waals surface area contributed by atoms with E-state index < -0.39 is 0 Å². The van der Waals surface area contributed by atoms with Gasteiger partial charge in [-0.15, -0.1) is 0 Å². The highest BCUT2D eigenvalue weighted by atomic mass is 16.5. The molecule has 1 amide bonds. The fourth-order valence-electron chi connectivity index (χ4n) is 1.83. The maximum Gasteiger partial charge on any atom is 0.256 e. The van der Waals surface area contributed by atoms with Crippen molar-refractivity contribution in [3.8, 4) is 0 Å². The maximum absolute atomic E-state index is 12.2. The Balaban J connectivity index is 2.21. The fourth-order valence-corrected chi connectivity index (χ4v) is 1.83.